The molecule has 0 aliphatic heterocycles. The summed E-state index contributed by atoms with van der Waals surface area (Å²) < 4.78 is 5.60. The molecule has 0 spiro atoms. The van der Waals surface area contributed by atoms with Crippen LogP contribution in [0.1, 0.15) is 117 Å². The summed E-state index contributed by atoms with van der Waals surface area (Å²) in [6.45, 7) is 4.64. The van der Waals surface area contributed by atoms with Gasteiger partial charge in [0.05, 0.1) is 6.10 Å². The monoisotopic (exact) mass is 404 g/mol. The second kappa shape index (κ2) is 11.9. The van der Waals surface area contributed by atoms with Crippen molar-refractivity contribution in [2.24, 2.45) is 35.5 Å². The van der Waals surface area contributed by atoms with Gasteiger partial charge in [-0.1, -0.05) is 52.4 Å². The van der Waals surface area contributed by atoms with Crippen LogP contribution in [-0.2, 0) is 9.53 Å². The molecule has 3 saturated carbocycles. The van der Waals surface area contributed by atoms with Crippen LogP contribution in [0.15, 0.2) is 0 Å². The topological polar surface area (TPSA) is 26.3 Å². The molecule has 0 heterocycles. The highest BCUT2D eigenvalue weighted by Crippen LogP contribution is 2.43. The van der Waals surface area contributed by atoms with Crippen LogP contribution in [0.5, 0.6) is 0 Å². The Kier molecular flexibility index (Phi) is 9.54. The fraction of sp³-hybridized carbons (Fsp3) is 0.963. The minimum atomic E-state index is 0.372. The molecular weight excluding hydrogens is 356 g/mol. The zero-order valence-corrected chi connectivity index (χ0v) is 19.7. The molecule has 3 unspecified atom stereocenters. The average Bonchev–Trinajstić information content (AvgIpc) is 2.78. The lowest BCUT2D eigenvalue weighted by atomic mass is 9.67. The summed E-state index contributed by atoms with van der Waals surface area (Å²) in [6.07, 6.45) is 21.3. The van der Waals surface area contributed by atoms with Gasteiger partial charge in [-0.2, -0.15) is 0 Å². The van der Waals surface area contributed by atoms with Gasteiger partial charge in [0.15, 0.2) is 0 Å². The quantitative estimate of drug-likeness (QED) is 0.395. The minimum absolute atomic E-state index is 0.372. The van der Waals surface area contributed by atoms with E-state index >= 15 is 0 Å². The predicted octanol–water partition coefficient (Wildman–Crippen LogP) is 7.59. The Balaban J connectivity index is 1.36. The molecule has 0 aromatic heterocycles. The number of carbonyl (C=O) groups excluding carboxylic acids is 1. The fourth-order valence-corrected chi connectivity index (χ4v) is 6.92. The maximum absolute atomic E-state index is 13.0. The van der Waals surface area contributed by atoms with Gasteiger partial charge in [0.1, 0.15) is 5.78 Å². The van der Waals surface area contributed by atoms with Crippen molar-refractivity contribution in [3.8, 4) is 0 Å². The van der Waals surface area contributed by atoms with Crippen molar-refractivity contribution in [1.82, 2.24) is 0 Å². The molecule has 3 aliphatic carbocycles. The Morgan fingerprint density at radius 1 is 0.931 bits per heavy atom. The van der Waals surface area contributed by atoms with Crippen molar-refractivity contribution < 1.29 is 9.53 Å². The summed E-state index contributed by atoms with van der Waals surface area (Å²) in [5.74, 6) is 5.09. The largest absolute Gasteiger partial charge is 0.381 e. The number of hydrogen-bond acceptors (Lipinski definition) is 2. The molecule has 3 aliphatic rings. The SMILES string of the molecule is CCCCC1CCC(C2CCC(C(=O)CC(C)C3CCCC(OC)C3)CC2)CC1. The zero-order chi connectivity index (χ0) is 20.6. The van der Waals surface area contributed by atoms with Gasteiger partial charge in [0.2, 0.25) is 0 Å². The third-order valence-electron chi connectivity index (χ3n) is 9.08. The van der Waals surface area contributed by atoms with Gasteiger partial charge in [-0.15, -0.1) is 0 Å². The van der Waals surface area contributed by atoms with E-state index < -0.39 is 0 Å². The van der Waals surface area contributed by atoms with E-state index in [0.29, 0.717) is 29.6 Å². The Morgan fingerprint density at radius 3 is 2.21 bits per heavy atom. The molecule has 2 nitrogen and oxygen atoms in total. The van der Waals surface area contributed by atoms with Crippen molar-refractivity contribution >= 4 is 5.78 Å². The summed E-state index contributed by atoms with van der Waals surface area (Å²) in [4.78, 5) is 13.0. The van der Waals surface area contributed by atoms with Crippen molar-refractivity contribution in [1.29, 1.82) is 0 Å². The van der Waals surface area contributed by atoms with E-state index in [2.05, 4.69) is 13.8 Å². The van der Waals surface area contributed by atoms with Crippen molar-refractivity contribution in [3.05, 3.63) is 0 Å². The Morgan fingerprint density at radius 2 is 1.59 bits per heavy atom. The van der Waals surface area contributed by atoms with Crippen LogP contribution in [0.25, 0.3) is 0 Å². The lowest BCUT2D eigenvalue weighted by Gasteiger charge is -2.38. The first kappa shape index (κ1) is 23.3. The van der Waals surface area contributed by atoms with E-state index in [1.807, 2.05) is 7.11 Å². The fourth-order valence-electron chi connectivity index (χ4n) is 6.92. The molecule has 29 heavy (non-hydrogen) atoms. The summed E-state index contributed by atoms with van der Waals surface area (Å²) in [5.41, 5.74) is 0. The molecule has 0 amide bonds. The second-order valence-corrected chi connectivity index (χ2v) is 11.0. The zero-order valence-electron chi connectivity index (χ0n) is 19.7. The molecular formula is C27H48O2. The standard InChI is InChI=1S/C27H48O2/c1-4-5-7-21-10-12-22(13-11-21)23-14-16-24(17-15-23)27(28)18-20(2)25-8-6-9-26(19-25)29-3/h20-26H,4-19H2,1-3H3. The van der Waals surface area contributed by atoms with Gasteiger partial charge in [0.25, 0.3) is 0 Å². The van der Waals surface area contributed by atoms with Crippen LogP contribution in [0.2, 0.25) is 0 Å². The molecule has 3 fully saturated rings. The van der Waals surface area contributed by atoms with E-state index in [0.717, 1.165) is 24.2 Å². The minimum Gasteiger partial charge on any atom is -0.381 e. The van der Waals surface area contributed by atoms with Crippen LogP contribution in [0, 0.1) is 35.5 Å². The van der Waals surface area contributed by atoms with Gasteiger partial charge in [0, 0.05) is 19.4 Å². The van der Waals surface area contributed by atoms with Crippen LogP contribution < -0.4 is 0 Å². The first-order valence-electron chi connectivity index (χ1n) is 13.2. The van der Waals surface area contributed by atoms with Crippen LogP contribution >= 0.6 is 0 Å². The summed E-state index contributed by atoms with van der Waals surface area (Å²) in [6, 6.07) is 0. The summed E-state index contributed by atoms with van der Waals surface area (Å²) in [5, 5.41) is 0. The molecule has 168 valence electrons. The molecule has 0 N–H and O–H groups in total. The first-order chi connectivity index (χ1) is 14.1. The lowest BCUT2D eigenvalue weighted by molar-refractivity contribution is -0.125. The van der Waals surface area contributed by atoms with E-state index in [-0.39, 0.29) is 0 Å². The van der Waals surface area contributed by atoms with Gasteiger partial charge in [-0.25, -0.2) is 0 Å². The van der Waals surface area contributed by atoms with Gasteiger partial charge in [-0.3, -0.25) is 4.79 Å². The lowest BCUT2D eigenvalue weighted by Crippen LogP contribution is -2.31. The van der Waals surface area contributed by atoms with Crippen molar-refractivity contribution in [3.63, 3.8) is 0 Å². The third kappa shape index (κ3) is 6.81. The van der Waals surface area contributed by atoms with E-state index in [1.165, 1.54) is 96.3 Å². The number of Topliss-reactive ketones (excluding diaryl/α,β-unsaturated/α-hetero) is 1. The molecule has 3 atom stereocenters. The normalized spacial score (nSPS) is 37.2. The first-order valence-corrected chi connectivity index (χ1v) is 13.2. The number of methoxy groups -OCH3 is 1. The molecule has 0 bridgehead atoms. The van der Waals surface area contributed by atoms with Gasteiger partial charge in [-0.05, 0) is 87.4 Å². The molecule has 0 aromatic carbocycles. The highest BCUT2D eigenvalue weighted by molar-refractivity contribution is 5.81. The van der Waals surface area contributed by atoms with E-state index in [4.69, 9.17) is 4.74 Å². The number of ketones is 1. The van der Waals surface area contributed by atoms with Crippen LogP contribution in [-0.4, -0.2) is 19.0 Å². The predicted molar refractivity (Wildman–Crippen MR) is 122 cm³/mol. The molecule has 0 aromatic rings. The summed E-state index contributed by atoms with van der Waals surface area (Å²) >= 11 is 0. The highest BCUT2D eigenvalue weighted by Gasteiger charge is 2.34. The Labute approximate surface area is 180 Å². The number of hydrogen-bond donors (Lipinski definition) is 0. The average molecular weight is 405 g/mol. The molecule has 0 radical (unpaired) electrons. The van der Waals surface area contributed by atoms with E-state index in [9.17, 15) is 4.79 Å². The number of ether oxygens (including phenoxy) is 1. The smallest absolute Gasteiger partial charge is 0.136 e. The van der Waals surface area contributed by atoms with Crippen molar-refractivity contribution in [2.75, 3.05) is 7.11 Å². The van der Waals surface area contributed by atoms with Gasteiger partial charge >= 0.3 is 0 Å². The number of carbonyl (C=O) groups is 1. The third-order valence-corrected chi connectivity index (χ3v) is 9.08. The molecule has 2 heteroatoms. The number of rotatable bonds is 9. The van der Waals surface area contributed by atoms with Gasteiger partial charge < -0.3 is 4.74 Å². The van der Waals surface area contributed by atoms with E-state index in [1.54, 1.807) is 0 Å². The summed E-state index contributed by atoms with van der Waals surface area (Å²) in [7, 11) is 1.85. The molecule has 3 rings (SSSR count). The van der Waals surface area contributed by atoms with Crippen LogP contribution in [0.4, 0.5) is 0 Å². The Bertz CT molecular complexity index is 471. The Hall–Kier alpha value is -0.370. The molecule has 0 saturated heterocycles. The highest BCUT2D eigenvalue weighted by atomic mass is 16.5. The maximum atomic E-state index is 13.0. The second-order valence-electron chi connectivity index (χ2n) is 11.0. The van der Waals surface area contributed by atoms with Crippen LogP contribution in [0.3, 0.4) is 0 Å². The maximum Gasteiger partial charge on any atom is 0.136 e. The number of unbranched alkanes of at least 4 members (excludes halogenated alkanes) is 1. The van der Waals surface area contributed by atoms with Crippen molar-refractivity contribution in [2.45, 2.75) is 123 Å².